The molecule has 0 saturated heterocycles. The minimum atomic E-state index is -0.441. The van der Waals surface area contributed by atoms with Crippen molar-refractivity contribution >= 4 is 0 Å². The fraction of sp³-hybridized carbons (Fsp3) is 0.727. The molecule has 1 rings (SSSR count). The van der Waals surface area contributed by atoms with Gasteiger partial charge in [-0.2, -0.15) is 5.10 Å². The lowest BCUT2D eigenvalue weighted by Gasteiger charge is -2.33. The van der Waals surface area contributed by atoms with Gasteiger partial charge in [0, 0.05) is 18.7 Å². The van der Waals surface area contributed by atoms with E-state index in [2.05, 4.69) is 5.10 Å². The average molecular weight is 212 g/mol. The fourth-order valence-electron chi connectivity index (χ4n) is 1.70. The second-order valence-corrected chi connectivity index (χ2v) is 4.53. The lowest BCUT2D eigenvalue weighted by atomic mass is 9.74. The van der Waals surface area contributed by atoms with E-state index < -0.39 is 5.41 Å². The van der Waals surface area contributed by atoms with Gasteiger partial charge in [0.2, 0.25) is 0 Å². The highest BCUT2D eigenvalue weighted by Crippen LogP contribution is 2.30. The number of aryl methyl sites for hydroxylation is 1. The van der Waals surface area contributed by atoms with Crippen molar-refractivity contribution in [1.82, 2.24) is 9.78 Å². The average Bonchev–Trinajstić information content (AvgIpc) is 2.60. The third-order valence-electron chi connectivity index (χ3n) is 3.17. The first-order valence-corrected chi connectivity index (χ1v) is 5.23. The number of rotatable bonds is 5. The van der Waals surface area contributed by atoms with E-state index in [4.69, 9.17) is 0 Å². The van der Waals surface area contributed by atoms with Crippen LogP contribution in [0.25, 0.3) is 0 Å². The lowest BCUT2D eigenvalue weighted by molar-refractivity contribution is 0.0163. The van der Waals surface area contributed by atoms with Gasteiger partial charge in [-0.15, -0.1) is 0 Å². The van der Waals surface area contributed by atoms with Crippen LogP contribution < -0.4 is 0 Å². The molecule has 1 aromatic rings. The zero-order valence-corrected chi connectivity index (χ0v) is 9.64. The summed E-state index contributed by atoms with van der Waals surface area (Å²) in [4.78, 5) is 0. The Hall–Kier alpha value is -0.870. The molecule has 0 amide bonds. The molecule has 4 heteroatoms. The number of hydrogen-bond donors (Lipinski definition) is 2. The largest absolute Gasteiger partial charge is 0.396 e. The molecule has 0 aromatic carbocycles. The van der Waals surface area contributed by atoms with Gasteiger partial charge < -0.3 is 10.2 Å². The van der Waals surface area contributed by atoms with Crippen LogP contribution in [0, 0.1) is 11.3 Å². The number of nitrogens with zero attached hydrogens (tertiary/aromatic N) is 2. The summed E-state index contributed by atoms with van der Waals surface area (Å²) in [5.74, 6) is 0.229. The predicted octanol–water partition coefficient (Wildman–Crippen LogP) is 0.590. The number of hydrogen-bond acceptors (Lipinski definition) is 3. The molecule has 0 aliphatic carbocycles. The second-order valence-electron chi connectivity index (χ2n) is 4.53. The molecule has 86 valence electrons. The SMILES string of the molecule is CC(C)C(CO)(CO)Cc1cnn(C)c1. The molecule has 0 unspecified atom stereocenters. The zero-order valence-electron chi connectivity index (χ0n) is 9.64. The Morgan fingerprint density at radius 3 is 2.33 bits per heavy atom. The molecule has 0 aliphatic heterocycles. The maximum absolute atomic E-state index is 9.43. The molecule has 0 atom stereocenters. The first-order chi connectivity index (χ1) is 7.04. The fourth-order valence-corrected chi connectivity index (χ4v) is 1.70. The van der Waals surface area contributed by atoms with Gasteiger partial charge >= 0.3 is 0 Å². The highest BCUT2D eigenvalue weighted by molar-refractivity contribution is 5.08. The van der Waals surface area contributed by atoms with Gasteiger partial charge in [0.05, 0.1) is 19.4 Å². The lowest BCUT2D eigenvalue weighted by Crippen LogP contribution is -2.37. The van der Waals surface area contributed by atoms with E-state index in [1.54, 1.807) is 10.9 Å². The van der Waals surface area contributed by atoms with Crippen LogP contribution in [0.1, 0.15) is 19.4 Å². The Morgan fingerprint density at radius 1 is 1.40 bits per heavy atom. The van der Waals surface area contributed by atoms with Crippen molar-refractivity contribution in [3.8, 4) is 0 Å². The van der Waals surface area contributed by atoms with Gasteiger partial charge in [0.15, 0.2) is 0 Å². The van der Waals surface area contributed by atoms with Crippen molar-refractivity contribution in [3.05, 3.63) is 18.0 Å². The molecular formula is C11H20N2O2. The van der Waals surface area contributed by atoms with Crippen LogP contribution in [0.15, 0.2) is 12.4 Å². The summed E-state index contributed by atoms with van der Waals surface area (Å²) in [5, 5.41) is 22.9. The molecule has 0 aliphatic rings. The topological polar surface area (TPSA) is 58.3 Å². The standard InChI is InChI=1S/C11H20N2O2/c1-9(2)11(7-14,8-15)4-10-5-12-13(3)6-10/h5-6,9,14-15H,4,7-8H2,1-3H3. The third kappa shape index (κ3) is 2.58. The van der Waals surface area contributed by atoms with Crippen molar-refractivity contribution in [1.29, 1.82) is 0 Å². The molecule has 0 saturated carbocycles. The van der Waals surface area contributed by atoms with Crippen LogP contribution in [0.2, 0.25) is 0 Å². The minimum absolute atomic E-state index is 0.00391. The maximum Gasteiger partial charge on any atom is 0.0521 e. The molecule has 0 spiro atoms. The Balaban J connectivity index is 2.83. The van der Waals surface area contributed by atoms with Crippen molar-refractivity contribution in [2.24, 2.45) is 18.4 Å². The van der Waals surface area contributed by atoms with Gasteiger partial charge in [-0.1, -0.05) is 13.8 Å². The van der Waals surface area contributed by atoms with E-state index in [1.165, 1.54) is 0 Å². The van der Waals surface area contributed by atoms with E-state index in [9.17, 15) is 10.2 Å². The Morgan fingerprint density at radius 2 is 2.00 bits per heavy atom. The normalized spacial score (nSPS) is 12.4. The predicted molar refractivity (Wildman–Crippen MR) is 58.4 cm³/mol. The van der Waals surface area contributed by atoms with Crippen molar-refractivity contribution < 1.29 is 10.2 Å². The second kappa shape index (κ2) is 4.77. The summed E-state index contributed by atoms with van der Waals surface area (Å²) in [5.41, 5.74) is 0.609. The zero-order chi connectivity index (χ0) is 11.5. The van der Waals surface area contributed by atoms with E-state index in [0.29, 0.717) is 6.42 Å². The van der Waals surface area contributed by atoms with Crippen LogP contribution in [0.4, 0.5) is 0 Å². The van der Waals surface area contributed by atoms with Crippen LogP contribution >= 0.6 is 0 Å². The number of aliphatic hydroxyl groups is 2. The highest BCUT2D eigenvalue weighted by Gasteiger charge is 2.33. The van der Waals surface area contributed by atoms with Gasteiger partial charge in [-0.05, 0) is 17.9 Å². The van der Waals surface area contributed by atoms with Crippen LogP contribution in [-0.4, -0.2) is 33.2 Å². The summed E-state index contributed by atoms with van der Waals surface area (Å²) >= 11 is 0. The molecule has 1 aromatic heterocycles. The van der Waals surface area contributed by atoms with E-state index in [-0.39, 0.29) is 19.1 Å². The summed E-state index contributed by atoms with van der Waals surface area (Å²) in [7, 11) is 1.86. The van der Waals surface area contributed by atoms with Gasteiger partial charge in [-0.25, -0.2) is 0 Å². The third-order valence-corrected chi connectivity index (χ3v) is 3.17. The molecule has 15 heavy (non-hydrogen) atoms. The minimum Gasteiger partial charge on any atom is -0.396 e. The van der Waals surface area contributed by atoms with Gasteiger partial charge in [0.1, 0.15) is 0 Å². The van der Waals surface area contributed by atoms with Crippen molar-refractivity contribution in [2.75, 3.05) is 13.2 Å². The van der Waals surface area contributed by atoms with Crippen molar-refractivity contribution in [2.45, 2.75) is 20.3 Å². The van der Waals surface area contributed by atoms with Gasteiger partial charge in [-0.3, -0.25) is 4.68 Å². The molecular weight excluding hydrogens is 192 g/mol. The summed E-state index contributed by atoms with van der Waals surface area (Å²) in [6.07, 6.45) is 4.36. The highest BCUT2D eigenvalue weighted by atomic mass is 16.3. The van der Waals surface area contributed by atoms with E-state index >= 15 is 0 Å². The molecule has 0 bridgehead atoms. The molecule has 1 heterocycles. The summed E-state index contributed by atoms with van der Waals surface area (Å²) < 4.78 is 1.73. The number of aliphatic hydroxyl groups excluding tert-OH is 2. The van der Waals surface area contributed by atoms with Crippen LogP contribution in [0.5, 0.6) is 0 Å². The molecule has 0 fully saturated rings. The van der Waals surface area contributed by atoms with E-state index in [1.807, 2.05) is 27.1 Å². The Kier molecular flexibility index (Phi) is 3.88. The smallest absolute Gasteiger partial charge is 0.0521 e. The molecule has 4 nitrogen and oxygen atoms in total. The monoisotopic (exact) mass is 212 g/mol. The molecule has 0 radical (unpaired) electrons. The van der Waals surface area contributed by atoms with Crippen LogP contribution in [0.3, 0.4) is 0 Å². The quantitative estimate of drug-likeness (QED) is 0.751. The Bertz CT molecular complexity index is 303. The van der Waals surface area contributed by atoms with Crippen LogP contribution in [-0.2, 0) is 13.5 Å². The number of aromatic nitrogens is 2. The first-order valence-electron chi connectivity index (χ1n) is 5.23. The van der Waals surface area contributed by atoms with Gasteiger partial charge in [0.25, 0.3) is 0 Å². The maximum atomic E-state index is 9.43. The first kappa shape index (κ1) is 12.2. The van der Waals surface area contributed by atoms with E-state index in [0.717, 1.165) is 5.56 Å². The summed E-state index contributed by atoms with van der Waals surface area (Å²) in [6, 6.07) is 0. The van der Waals surface area contributed by atoms with Crippen molar-refractivity contribution in [3.63, 3.8) is 0 Å². The molecule has 2 N–H and O–H groups in total. The summed E-state index contributed by atoms with van der Waals surface area (Å²) in [6.45, 7) is 4.03. The Labute approximate surface area is 90.5 Å².